The van der Waals surface area contributed by atoms with Crippen LogP contribution in [0.5, 0.6) is 0 Å². The third-order valence-electron chi connectivity index (χ3n) is 1.91. The first-order chi connectivity index (χ1) is 5.79. The smallest absolute Gasteiger partial charge is 0.0636 e. The number of aliphatic hydroxyl groups is 1. The van der Waals surface area contributed by atoms with Gasteiger partial charge in [0.15, 0.2) is 0 Å². The van der Waals surface area contributed by atoms with E-state index in [1.165, 1.54) is 12.8 Å². The maximum Gasteiger partial charge on any atom is 0.0636 e. The summed E-state index contributed by atoms with van der Waals surface area (Å²) in [6.45, 7) is 4.97. The normalized spacial score (nSPS) is 19.5. The lowest BCUT2D eigenvalue weighted by Gasteiger charge is -2.06. The molecule has 1 aliphatic carbocycles. The summed E-state index contributed by atoms with van der Waals surface area (Å²) in [5.74, 6) is 0.849. The van der Waals surface area contributed by atoms with Crippen molar-refractivity contribution in [1.82, 2.24) is 5.32 Å². The molecule has 0 radical (unpaired) electrons. The number of hydrogen-bond acceptors (Lipinski definition) is 3. The zero-order valence-corrected chi connectivity index (χ0v) is 7.75. The molecule has 0 aromatic rings. The monoisotopic (exact) mass is 173 g/mol. The van der Waals surface area contributed by atoms with E-state index in [4.69, 9.17) is 9.84 Å². The van der Waals surface area contributed by atoms with E-state index in [1.807, 2.05) is 0 Å². The second kappa shape index (κ2) is 5.51. The summed E-state index contributed by atoms with van der Waals surface area (Å²) in [5.41, 5.74) is 0. The molecule has 1 atom stereocenters. The van der Waals surface area contributed by atoms with Gasteiger partial charge in [0.2, 0.25) is 0 Å². The van der Waals surface area contributed by atoms with Crippen molar-refractivity contribution in [2.45, 2.75) is 25.9 Å². The Morgan fingerprint density at radius 1 is 1.58 bits per heavy atom. The number of nitrogens with one attached hydrogen (secondary N) is 1. The summed E-state index contributed by atoms with van der Waals surface area (Å²) in [4.78, 5) is 0. The van der Waals surface area contributed by atoms with Gasteiger partial charge < -0.3 is 15.2 Å². The molecule has 3 nitrogen and oxygen atoms in total. The molecule has 0 aromatic heterocycles. The molecule has 3 heteroatoms. The quantitative estimate of drug-likeness (QED) is 0.547. The largest absolute Gasteiger partial charge is 0.392 e. The van der Waals surface area contributed by atoms with Crippen LogP contribution in [-0.4, -0.2) is 37.5 Å². The summed E-state index contributed by atoms with van der Waals surface area (Å²) < 4.78 is 5.40. The average Bonchev–Trinajstić information content (AvgIpc) is 2.79. The van der Waals surface area contributed by atoms with Gasteiger partial charge in [-0.1, -0.05) is 0 Å². The van der Waals surface area contributed by atoms with Gasteiger partial charge in [-0.3, -0.25) is 0 Å². The van der Waals surface area contributed by atoms with Crippen molar-refractivity contribution in [3.8, 4) is 0 Å². The van der Waals surface area contributed by atoms with Gasteiger partial charge in [-0.15, -0.1) is 0 Å². The van der Waals surface area contributed by atoms with Crippen LogP contribution in [0.4, 0.5) is 0 Å². The van der Waals surface area contributed by atoms with Crippen LogP contribution < -0.4 is 5.32 Å². The number of ether oxygens (including phenoxy) is 1. The number of rotatable bonds is 7. The molecule has 0 spiro atoms. The SMILES string of the molecule is C[C@H](O)CNCCOCC1CC1. The maximum absolute atomic E-state index is 8.90. The Kier molecular flexibility index (Phi) is 4.58. The molecule has 0 saturated heterocycles. The van der Waals surface area contributed by atoms with Gasteiger partial charge in [-0.25, -0.2) is 0 Å². The van der Waals surface area contributed by atoms with Crippen LogP contribution in [-0.2, 0) is 4.74 Å². The molecule has 0 unspecified atom stereocenters. The molecule has 1 rings (SSSR count). The van der Waals surface area contributed by atoms with Crippen LogP contribution in [0.25, 0.3) is 0 Å². The Labute approximate surface area is 74.1 Å². The minimum Gasteiger partial charge on any atom is -0.392 e. The number of hydrogen-bond donors (Lipinski definition) is 2. The van der Waals surface area contributed by atoms with Gasteiger partial charge in [-0.05, 0) is 25.7 Å². The van der Waals surface area contributed by atoms with Gasteiger partial charge in [-0.2, -0.15) is 0 Å². The van der Waals surface area contributed by atoms with Crippen molar-refractivity contribution >= 4 is 0 Å². The molecule has 1 aliphatic rings. The van der Waals surface area contributed by atoms with Crippen molar-refractivity contribution in [3.05, 3.63) is 0 Å². The lowest BCUT2D eigenvalue weighted by atomic mass is 10.4. The van der Waals surface area contributed by atoms with E-state index >= 15 is 0 Å². The fourth-order valence-corrected chi connectivity index (χ4v) is 0.990. The minimum atomic E-state index is -0.256. The molecular formula is C9H19NO2. The van der Waals surface area contributed by atoms with E-state index in [-0.39, 0.29) is 6.10 Å². The molecular weight excluding hydrogens is 154 g/mol. The van der Waals surface area contributed by atoms with E-state index in [9.17, 15) is 0 Å². The summed E-state index contributed by atoms with van der Waals surface area (Å²) in [6, 6.07) is 0. The fraction of sp³-hybridized carbons (Fsp3) is 1.00. The summed E-state index contributed by atoms with van der Waals surface area (Å²) >= 11 is 0. The van der Waals surface area contributed by atoms with E-state index in [2.05, 4.69) is 5.32 Å². The molecule has 12 heavy (non-hydrogen) atoms. The fourth-order valence-electron chi connectivity index (χ4n) is 0.990. The molecule has 0 amide bonds. The van der Waals surface area contributed by atoms with Crippen LogP contribution in [0.15, 0.2) is 0 Å². The summed E-state index contributed by atoms with van der Waals surface area (Å²) in [7, 11) is 0. The van der Waals surface area contributed by atoms with Gasteiger partial charge in [0.25, 0.3) is 0 Å². The van der Waals surface area contributed by atoms with Crippen LogP contribution in [0.2, 0.25) is 0 Å². The Hall–Kier alpha value is -0.120. The van der Waals surface area contributed by atoms with Crippen LogP contribution in [0.3, 0.4) is 0 Å². The second-order valence-corrected chi connectivity index (χ2v) is 3.57. The van der Waals surface area contributed by atoms with Gasteiger partial charge in [0.1, 0.15) is 0 Å². The number of aliphatic hydroxyl groups excluding tert-OH is 1. The molecule has 0 aliphatic heterocycles. The van der Waals surface area contributed by atoms with Crippen molar-refractivity contribution in [1.29, 1.82) is 0 Å². The third-order valence-corrected chi connectivity index (χ3v) is 1.91. The molecule has 0 bridgehead atoms. The highest BCUT2D eigenvalue weighted by molar-refractivity contribution is 4.71. The molecule has 0 heterocycles. The van der Waals surface area contributed by atoms with Gasteiger partial charge in [0.05, 0.1) is 12.7 Å². The first-order valence-electron chi connectivity index (χ1n) is 4.75. The van der Waals surface area contributed by atoms with Crippen LogP contribution in [0.1, 0.15) is 19.8 Å². The zero-order valence-electron chi connectivity index (χ0n) is 7.75. The Morgan fingerprint density at radius 3 is 2.92 bits per heavy atom. The van der Waals surface area contributed by atoms with E-state index in [0.717, 1.165) is 25.7 Å². The van der Waals surface area contributed by atoms with Gasteiger partial charge >= 0.3 is 0 Å². The topological polar surface area (TPSA) is 41.5 Å². The Bertz CT molecular complexity index is 107. The molecule has 2 N–H and O–H groups in total. The zero-order chi connectivity index (χ0) is 8.81. The van der Waals surface area contributed by atoms with Gasteiger partial charge in [0, 0.05) is 19.7 Å². The van der Waals surface area contributed by atoms with Crippen molar-refractivity contribution < 1.29 is 9.84 Å². The van der Waals surface area contributed by atoms with E-state index in [0.29, 0.717) is 6.54 Å². The first-order valence-corrected chi connectivity index (χ1v) is 4.75. The van der Waals surface area contributed by atoms with Crippen LogP contribution >= 0.6 is 0 Å². The highest BCUT2D eigenvalue weighted by atomic mass is 16.5. The first kappa shape index (κ1) is 9.96. The lowest BCUT2D eigenvalue weighted by Crippen LogP contribution is -2.27. The maximum atomic E-state index is 8.90. The van der Waals surface area contributed by atoms with Crippen molar-refractivity contribution in [3.63, 3.8) is 0 Å². The molecule has 1 fully saturated rings. The Morgan fingerprint density at radius 2 is 2.33 bits per heavy atom. The minimum absolute atomic E-state index is 0.256. The molecule has 72 valence electrons. The highest BCUT2D eigenvalue weighted by Crippen LogP contribution is 2.28. The molecule has 1 saturated carbocycles. The third kappa shape index (κ3) is 5.52. The summed E-state index contributed by atoms with van der Waals surface area (Å²) in [5, 5.41) is 12.0. The lowest BCUT2D eigenvalue weighted by molar-refractivity contribution is 0.121. The molecule has 0 aromatic carbocycles. The average molecular weight is 173 g/mol. The van der Waals surface area contributed by atoms with Crippen LogP contribution in [0, 0.1) is 5.92 Å². The highest BCUT2D eigenvalue weighted by Gasteiger charge is 2.20. The predicted octanol–water partition coefficient (Wildman–Crippen LogP) is 0.383. The second-order valence-electron chi connectivity index (χ2n) is 3.57. The predicted molar refractivity (Wildman–Crippen MR) is 48.1 cm³/mol. The van der Waals surface area contributed by atoms with Crippen molar-refractivity contribution in [2.75, 3.05) is 26.3 Å². The van der Waals surface area contributed by atoms with Crippen molar-refractivity contribution in [2.24, 2.45) is 5.92 Å². The van der Waals surface area contributed by atoms with E-state index < -0.39 is 0 Å². The standard InChI is InChI=1S/C9H19NO2/c1-8(11)6-10-4-5-12-7-9-2-3-9/h8-11H,2-7H2,1H3/t8-/m0/s1. The van der Waals surface area contributed by atoms with E-state index in [1.54, 1.807) is 6.92 Å². The Balaban J connectivity index is 1.70. The summed E-state index contributed by atoms with van der Waals surface area (Å²) in [6.07, 6.45) is 2.44.